The van der Waals surface area contributed by atoms with Crippen LogP contribution in [-0.4, -0.2) is 51.4 Å². The SMILES string of the molecule is O=C(CCN1CCSC1=O)NCCc1cnc[nH]1. The summed E-state index contributed by atoms with van der Waals surface area (Å²) < 4.78 is 0. The van der Waals surface area contributed by atoms with Crippen LogP contribution < -0.4 is 5.32 Å². The molecule has 0 radical (unpaired) electrons. The number of thioether (sulfide) groups is 1. The van der Waals surface area contributed by atoms with E-state index in [2.05, 4.69) is 15.3 Å². The molecule has 0 unspecified atom stereocenters. The molecule has 1 saturated heterocycles. The lowest BCUT2D eigenvalue weighted by Gasteiger charge is -2.13. The Labute approximate surface area is 110 Å². The minimum absolute atomic E-state index is 0.0146. The Hall–Kier alpha value is -1.50. The molecule has 0 bridgehead atoms. The van der Waals surface area contributed by atoms with Gasteiger partial charge in [-0.2, -0.15) is 0 Å². The number of amides is 2. The topological polar surface area (TPSA) is 78.1 Å². The quantitative estimate of drug-likeness (QED) is 0.793. The number of aromatic amines is 1. The molecule has 18 heavy (non-hydrogen) atoms. The summed E-state index contributed by atoms with van der Waals surface area (Å²) in [6, 6.07) is 0. The molecule has 2 heterocycles. The number of hydrogen-bond donors (Lipinski definition) is 2. The van der Waals surface area contributed by atoms with E-state index in [1.54, 1.807) is 17.4 Å². The van der Waals surface area contributed by atoms with Gasteiger partial charge in [0.15, 0.2) is 0 Å². The molecule has 0 spiro atoms. The van der Waals surface area contributed by atoms with Gasteiger partial charge in [0.2, 0.25) is 5.91 Å². The van der Waals surface area contributed by atoms with Crippen LogP contribution in [0.5, 0.6) is 0 Å². The van der Waals surface area contributed by atoms with Crippen molar-refractivity contribution in [3.05, 3.63) is 18.2 Å². The molecule has 2 rings (SSSR count). The van der Waals surface area contributed by atoms with Gasteiger partial charge in [0.05, 0.1) is 6.33 Å². The van der Waals surface area contributed by atoms with Crippen molar-refractivity contribution in [3.8, 4) is 0 Å². The number of H-pyrrole nitrogens is 1. The highest BCUT2D eigenvalue weighted by atomic mass is 32.2. The van der Waals surface area contributed by atoms with Crippen molar-refractivity contribution in [2.45, 2.75) is 12.8 Å². The summed E-state index contributed by atoms with van der Waals surface area (Å²) >= 11 is 1.32. The molecular formula is C11H16N4O2S. The second-order valence-electron chi connectivity index (χ2n) is 4.03. The van der Waals surface area contributed by atoms with Crippen molar-refractivity contribution in [1.29, 1.82) is 0 Å². The predicted octanol–water partition coefficient (Wildman–Crippen LogP) is 0.627. The zero-order valence-corrected chi connectivity index (χ0v) is 10.8. The van der Waals surface area contributed by atoms with Crippen molar-refractivity contribution in [2.24, 2.45) is 0 Å². The third-order valence-corrected chi connectivity index (χ3v) is 3.62. The molecule has 98 valence electrons. The van der Waals surface area contributed by atoms with E-state index >= 15 is 0 Å². The Morgan fingerprint density at radius 3 is 3.17 bits per heavy atom. The van der Waals surface area contributed by atoms with Crippen LogP contribution in [-0.2, 0) is 11.2 Å². The number of nitrogens with zero attached hydrogens (tertiary/aromatic N) is 2. The van der Waals surface area contributed by atoms with Gasteiger partial charge in [-0.1, -0.05) is 11.8 Å². The maximum absolute atomic E-state index is 11.6. The summed E-state index contributed by atoms with van der Waals surface area (Å²) in [6.07, 6.45) is 4.47. The zero-order chi connectivity index (χ0) is 12.8. The van der Waals surface area contributed by atoms with E-state index < -0.39 is 0 Å². The number of aromatic nitrogens is 2. The molecule has 7 heteroatoms. The van der Waals surface area contributed by atoms with Gasteiger partial charge in [0.1, 0.15) is 0 Å². The second-order valence-corrected chi connectivity index (χ2v) is 5.07. The first-order valence-electron chi connectivity index (χ1n) is 5.91. The molecule has 2 N–H and O–H groups in total. The molecule has 1 fully saturated rings. The molecule has 0 saturated carbocycles. The van der Waals surface area contributed by atoms with Gasteiger partial charge in [-0.05, 0) is 0 Å². The van der Waals surface area contributed by atoms with E-state index in [-0.39, 0.29) is 11.1 Å². The summed E-state index contributed by atoms with van der Waals surface area (Å²) in [5.74, 6) is 0.819. The smallest absolute Gasteiger partial charge is 0.281 e. The van der Waals surface area contributed by atoms with Crippen LogP contribution in [0, 0.1) is 0 Å². The minimum Gasteiger partial charge on any atom is -0.356 e. The average molecular weight is 268 g/mol. The molecular weight excluding hydrogens is 252 g/mol. The number of imidazole rings is 1. The summed E-state index contributed by atoms with van der Waals surface area (Å²) in [7, 11) is 0. The lowest BCUT2D eigenvalue weighted by atomic mass is 10.3. The van der Waals surface area contributed by atoms with E-state index in [4.69, 9.17) is 0 Å². The van der Waals surface area contributed by atoms with Crippen LogP contribution in [0.15, 0.2) is 12.5 Å². The van der Waals surface area contributed by atoms with E-state index in [0.717, 1.165) is 24.4 Å². The number of hydrogen-bond acceptors (Lipinski definition) is 4. The fourth-order valence-electron chi connectivity index (χ4n) is 1.71. The Balaban J connectivity index is 1.59. The highest BCUT2D eigenvalue weighted by Gasteiger charge is 2.21. The molecule has 0 aliphatic carbocycles. The van der Waals surface area contributed by atoms with Crippen LogP contribution in [0.2, 0.25) is 0 Å². The third-order valence-electron chi connectivity index (χ3n) is 2.73. The van der Waals surface area contributed by atoms with E-state index in [9.17, 15) is 9.59 Å². The van der Waals surface area contributed by atoms with Gasteiger partial charge in [-0.25, -0.2) is 4.98 Å². The molecule has 1 aliphatic heterocycles. The number of carbonyl (C=O) groups is 2. The van der Waals surface area contributed by atoms with Crippen molar-refractivity contribution in [3.63, 3.8) is 0 Å². The van der Waals surface area contributed by atoms with Crippen LogP contribution >= 0.6 is 11.8 Å². The van der Waals surface area contributed by atoms with Gasteiger partial charge in [0, 0.05) is 50.1 Å². The summed E-state index contributed by atoms with van der Waals surface area (Å²) in [6.45, 7) is 1.86. The molecule has 0 aromatic carbocycles. The van der Waals surface area contributed by atoms with Gasteiger partial charge in [-0.15, -0.1) is 0 Å². The lowest BCUT2D eigenvalue weighted by Crippen LogP contribution is -2.31. The summed E-state index contributed by atoms with van der Waals surface area (Å²) in [5, 5.41) is 2.91. The maximum Gasteiger partial charge on any atom is 0.281 e. The van der Waals surface area contributed by atoms with Gasteiger partial charge >= 0.3 is 0 Å². The maximum atomic E-state index is 11.6. The average Bonchev–Trinajstić information content (AvgIpc) is 2.98. The zero-order valence-electron chi connectivity index (χ0n) is 10.0. The monoisotopic (exact) mass is 268 g/mol. The predicted molar refractivity (Wildman–Crippen MR) is 69.3 cm³/mol. The Bertz CT molecular complexity index is 407. The second kappa shape index (κ2) is 6.44. The Kier molecular flexibility index (Phi) is 4.63. The van der Waals surface area contributed by atoms with Crippen LogP contribution in [0.4, 0.5) is 4.79 Å². The van der Waals surface area contributed by atoms with Gasteiger partial charge in [0.25, 0.3) is 5.24 Å². The molecule has 2 amide bonds. The fourth-order valence-corrected chi connectivity index (χ4v) is 2.56. The normalized spacial score (nSPS) is 15.1. The fraction of sp³-hybridized carbons (Fsp3) is 0.545. The summed E-state index contributed by atoms with van der Waals surface area (Å²) in [4.78, 5) is 31.5. The summed E-state index contributed by atoms with van der Waals surface area (Å²) in [5.41, 5.74) is 1.00. The lowest BCUT2D eigenvalue weighted by molar-refractivity contribution is -0.121. The molecule has 6 nitrogen and oxygen atoms in total. The van der Waals surface area contributed by atoms with Crippen LogP contribution in [0.1, 0.15) is 12.1 Å². The molecule has 1 aromatic heterocycles. The highest BCUT2D eigenvalue weighted by molar-refractivity contribution is 8.13. The third kappa shape index (κ3) is 3.76. The first-order valence-corrected chi connectivity index (χ1v) is 6.90. The van der Waals surface area contributed by atoms with Crippen LogP contribution in [0.25, 0.3) is 0 Å². The Morgan fingerprint density at radius 1 is 1.61 bits per heavy atom. The van der Waals surface area contributed by atoms with Crippen LogP contribution in [0.3, 0.4) is 0 Å². The van der Waals surface area contributed by atoms with Gasteiger partial charge in [-0.3, -0.25) is 9.59 Å². The van der Waals surface area contributed by atoms with Gasteiger partial charge < -0.3 is 15.2 Å². The number of nitrogens with one attached hydrogen (secondary N) is 2. The van der Waals surface area contributed by atoms with Crippen molar-refractivity contribution >= 4 is 22.9 Å². The van der Waals surface area contributed by atoms with Crippen molar-refractivity contribution < 1.29 is 9.59 Å². The highest BCUT2D eigenvalue weighted by Crippen LogP contribution is 2.16. The molecule has 1 aromatic rings. The number of carbonyl (C=O) groups excluding carboxylic acids is 2. The first kappa shape index (κ1) is 12.9. The van der Waals surface area contributed by atoms with E-state index in [0.29, 0.717) is 19.5 Å². The largest absolute Gasteiger partial charge is 0.356 e. The molecule has 0 atom stereocenters. The number of rotatable bonds is 6. The standard InChI is InChI=1S/C11H16N4O2S/c16-10(2-4-15-5-6-18-11(15)17)13-3-1-9-7-12-8-14-9/h7-8H,1-6H2,(H,12,14)(H,13,16). The minimum atomic E-state index is -0.0146. The van der Waals surface area contributed by atoms with E-state index in [1.165, 1.54) is 11.8 Å². The van der Waals surface area contributed by atoms with Crippen molar-refractivity contribution in [2.75, 3.05) is 25.4 Å². The Morgan fingerprint density at radius 2 is 2.50 bits per heavy atom. The first-order chi connectivity index (χ1) is 8.75. The van der Waals surface area contributed by atoms with Crippen molar-refractivity contribution in [1.82, 2.24) is 20.2 Å². The molecule has 1 aliphatic rings. The van der Waals surface area contributed by atoms with E-state index in [1.807, 2.05) is 0 Å².